The van der Waals surface area contributed by atoms with Gasteiger partial charge in [0.05, 0.1) is 6.10 Å². The van der Waals surface area contributed by atoms with Gasteiger partial charge in [-0.15, -0.1) is 0 Å². The Morgan fingerprint density at radius 1 is 1.00 bits per heavy atom. The van der Waals surface area contributed by atoms with Crippen molar-refractivity contribution in [3.63, 3.8) is 0 Å². The number of rotatable bonds is 4. The number of carbonyl (C=O) groups excluding carboxylic acids is 1. The molecule has 4 saturated carbocycles. The van der Waals surface area contributed by atoms with Gasteiger partial charge in [0.2, 0.25) is 0 Å². The summed E-state index contributed by atoms with van der Waals surface area (Å²) < 4.78 is 0. The Hall–Kier alpha value is -0.370. The molecule has 0 spiro atoms. The molecule has 2 nitrogen and oxygen atoms in total. The van der Waals surface area contributed by atoms with E-state index >= 15 is 0 Å². The van der Waals surface area contributed by atoms with Gasteiger partial charge < -0.3 is 9.90 Å². The van der Waals surface area contributed by atoms with Crippen LogP contribution in [0, 0.1) is 46.3 Å². The molecule has 0 aliphatic heterocycles. The Labute approximate surface area is 166 Å². The summed E-state index contributed by atoms with van der Waals surface area (Å²) in [5.41, 5.74) is 0.997. The molecule has 9 atom stereocenters. The third kappa shape index (κ3) is 3.22. The fraction of sp³-hybridized carbons (Fsp3) is 0.960. The minimum atomic E-state index is -0.0357. The molecule has 154 valence electrons. The van der Waals surface area contributed by atoms with Crippen molar-refractivity contribution in [1.82, 2.24) is 0 Å². The van der Waals surface area contributed by atoms with Crippen LogP contribution < -0.4 is 0 Å². The Morgan fingerprint density at radius 3 is 2.44 bits per heavy atom. The lowest BCUT2D eigenvalue weighted by Crippen LogP contribution is -2.54. The molecule has 0 radical (unpaired) electrons. The second-order valence-electron chi connectivity index (χ2n) is 11.5. The molecular weight excluding hydrogens is 332 g/mol. The first-order chi connectivity index (χ1) is 12.8. The van der Waals surface area contributed by atoms with Gasteiger partial charge in [0.15, 0.2) is 0 Å². The number of ketones is 1. The highest BCUT2D eigenvalue weighted by molar-refractivity contribution is 5.75. The fourth-order valence-corrected chi connectivity index (χ4v) is 8.84. The number of Topliss-reactive ketones (excluding diaryl/α,β-unsaturated/α-hetero) is 1. The van der Waals surface area contributed by atoms with E-state index in [9.17, 15) is 9.90 Å². The molecule has 1 N–H and O–H groups in total. The molecule has 3 unspecified atom stereocenters. The number of fused-ring (bicyclic) bond motifs is 5. The third-order valence-corrected chi connectivity index (χ3v) is 10.4. The first-order valence-electron chi connectivity index (χ1n) is 11.9. The molecule has 4 fully saturated rings. The van der Waals surface area contributed by atoms with E-state index in [2.05, 4.69) is 20.8 Å². The van der Waals surface area contributed by atoms with Crippen molar-refractivity contribution in [2.24, 2.45) is 46.3 Å². The summed E-state index contributed by atoms with van der Waals surface area (Å²) in [6.07, 6.45) is 13.6. The van der Waals surface area contributed by atoms with Gasteiger partial charge in [0.25, 0.3) is 0 Å². The van der Waals surface area contributed by atoms with Gasteiger partial charge in [-0.1, -0.05) is 20.8 Å². The number of hydrogen-bond acceptors (Lipinski definition) is 2. The van der Waals surface area contributed by atoms with E-state index in [0.717, 1.165) is 55.3 Å². The highest BCUT2D eigenvalue weighted by atomic mass is 16.3. The Bertz CT molecular complexity index is 571. The average molecular weight is 375 g/mol. The first kappa shape index (κ1) is 19.9. The lowest BCUT2D eigenvalue weighted by molar-refractivity contribution is -0.129. The minimum absolute atomic E-state index is 0.0357. The molecule has 4 aliphatic rings. The highest BCUT2D eigenvalue weighted by Gasteiger charge is 2.60. The van der Waals surface area contributed by atoms with E-state index in [1.165, 1.54) is 44.9 Å². The molecule has 0 aromatic heterocycles. The van der Waals surface area contributed by atoms with Crippen LogP contribution in [0.3, 0.4) is 0 Å². The summed E-state index contributed by atoms with van der Waals surface area (Å²) in [4.78, 5) is 11.5. The molecule has 0 heterocycles. The molecule has 0 saturated heterocycles. The van der Waals surface area contributed by atoms with Crippen molar-refractivity contribution in [3.05, 3.63) is 0 Å². The predicted molar refractivity (Wildman–Crippen MR) is 110 cm³/mol. The maximum atomic E-state index is 11.5. The number of carbonyl (C=O) groups is 1. The van der Waals surface area contributed by atoms with Crippen molar-refractivity contribution in [3.8, 4) is 0 Å². The topological polar surface area (TPSA) is 37.3 Å². The number of aliphatic hydroxyl groups excluding tert-OH is 1. The lowest BCUT2D eigenvalue weighted by atomic mass is 9.44. The maximum absolute atomic E-state index is 11.5. The van der Waals surface area contributed by atoms with Crippen LogP contribution in [0.2, 0.25) is 0 Å². The van der Waals surface area contributed by atoms with Gasteiger partial charge in [-0.3, -0.25) is 0 Å². The maximum Gasteiger partial charge on any atom is 0.129 e. The molecular formula is C25H42O2. The summed E-state index contributed by atoms with van der Waals surface area (Å²) in [5, 5.41) is 10.2. The summed E-state index contributed by atoms with van der Waals surface area (Å²) in [6, 6.07) is 0. The van der Waals surface area contributed by atoms with Crippen molar-refractivity contribution < 1.29 is 9.90 Å². The van der Waals surface area contributed by atoms with Gasteiger partial charge in [0.1, 0.15) is 5.78 Å². The van der Waals surface area contributed by atoms with Crippen LogP contribution in [0.4, 0.5) is 0 Å². The summed E-state index contributed by atoms with van der Waals surface area (Å²) in [6.45, 7) is 9.38. The molecule has 0 amide bonds. The SMILES string of the molecule is CC(=O)CC[C@@H](C)C1CCC2[C@@H]3CC[C@@H]4C[C@H](O)CC[C@]4(C)C3CC[C@@]21C. The van der Waals surface area contributed by atoms with E-state index in [-0.39, 0.29) is 6.10 Å². The van der Waals surface area contributed by atoms with E-state index in [0.29, 0.717) is 22.5 Å². The van der Waals surface area contributed by atoms with Crippen LogP contribution in [0.15, 0.2) is 0 Å². The van der Waals surface area contributed by atoms with Gasteiger partial charge in [0, 0.05) is 6.42 Å². The van der Waals surface area contributed by atoms with Gasteiger partial charge >= 0.3 is 0 Å². The third-order valence-electron chi connectivity index (χ3n) is 10.4. The summed E-state index contributed by atoms with van der Waals surface area (Å²) in [5.74, 6) is 5.36. The molecule has 2 heteroatoms. The second kappa shape index (κ2) is 7.15. The Balaban J connectivity index is 1.51. The smallest absolute Gasteiger partial charge is 0.129 e. The van der Waals surface area contributed by atoms with Crippen molar-refractivity contribution in [1.29, 1.82) is 0 Å². The van der Waals surface area contributed by atoms with Crippen LogP contribution in [-0.4, -0.2) is 17.0 Å². The summed E-state index contributed by atoms with van der Waals surface area (Å²) in [7, 11) is 0. The largest absolute Gasteiger partial charge is 0.393 e. The predicted octanol–water partition coefficient (Wildman–Crippen LogP) is 6.01. The van der Waals surface area contributed by atoms with E-state index in [1.807, 2.05) is 0 Å². The molecule has 0 aromatic carbocycles. The quantitative estimate of drug-likeness (QED) is 0.654. The minimum Gasteiger partial charge on any atom is -0.393 e. The lowest BCUT2D eigenvalue weighted by Gasteiger charge is -2.61. The van der Waals surface area contributed by atoms with Crippen LogP contribution in [-0.2, 0) is 4.79 Å². The molecule has 0 bridgehead atoms. The molecule has 27 heavy (non-hydrogen) atoms. The Kier molecular flexibility index (Phi) is 5.28. The Morgan fingerprint density at radius 2 is 1.70 bits per heavy atom. The summed E-state index contributed by atoms with van der Waals surface area (Å²) >= 11 is 0. The number of aliphatic hydroxyl groups is 1. The van der Waals surface area contributed by atoms with Crippen LogP contribution in [0.25, 0.3) is 0 Å². The van der Waals surface area contributed by atoms with Crippen molar-refractivity contribution >= 4 is 5.78 Å². The van der Waals surface area contributed by atoms with Crippen LogP contribution in [0.1, 0.15) is 98.3 Å². The van der Waals surface area contributed by atoms with Crippen molar-refractivity contribution in [2.75, 3.05) is 0 Å². The van der Waals surface area contributed by atoms with Gasteiger partial charge in [-0.05, 0) is 117 Å². The highest BCUT2D eigenvalue weighted by Crippen LogP contribution is 2.68. The number of hydrogen-bond donors (Lipinski definition) is 1. The van der Waals surface area contributed by atoms with Gasteiger partial charge in [-0.25, -0.2) is 0 Å². The zero-order valence-electron chi connectivity index (χ0n) is 18.2. The van der Waals surface area contributed by atoms with E-state index in [4.69, 9.17) is 0 Å². The zero-order chi connectivity index (χ0) is 19.4. The first-order valence-corrected chi connectivity index (χ1v) is 11.9. The normalized spacial score (nSPS) is 50.4. The van der Waals surface area contributed by atoms with E-state index in [1.54, 1.807) is 6.92 Å². The van der Waals surface area contributed by atoms with Crippen LogP contribution in [0.5, 0.6) is 0 Å². The fourth-order valence-electron chi connectivity index (χ4n) is 8.84. The second-order valence-corrected chi connectivity index (χ2v) is 11.5. The molecule has 4 aliphatic carbocycles. The molecule has 0 aromatic rings. The standard InChI is InChI=1S/C25H42O2/c1-16(5-6-17(2)26)21-9-10-22-20-8-7-18-15-19(27)11-13-24(18,3)23(20)12-14-25(21,22)4/h16,18-23,27H,5-15H2,1-4H3/t16-,18-,19-,20+,21?,22?,23?,24+,25-/m1/s1. The molecule has 4 rings (SSSR count). The van der Waals surface area contributed by atoms with Gasteiger partial charge in [-0.2, -0.15) is 0 Å². The average Bonchev–Trinajstić information content (AvgIpc) is 2.97. The van der Waals surface area contributed by atoms with Crippen molar-refractivity contribution in [2.45, 2.75) is 104 Å². The van der Waals surface area contributed by atoms with E-state index < -0.39 is 0 Å². The zero-order valence-corrected chi connectivity index (χ0v) is 18.2. The van der Waals surface area contributed by atoms with Crippen LogP contribution >= 0.6 is 0 Å². The monoisotopic (exact) mass is 374 g/mol.